The number of aliphatic hydroxyl groups is 1. The van der Waals surface area contributed by atoms with Gasteiger partial charge < -0.3 is 19.3 Å². The Hall–Kier alpha value is -0.650. The third-order valence-electron chi connectivity index (χ3n) is 2.37. The lowest BCUT2D eigenvalue weighted by Crippen LogP contribution is -2.52. The zero-order chi connectivity index (χ0) is 10.6. The van der Waals surface area contributed by atoms with Crippen molar-refractivity contribution in [3.8, 4) is 0 Å². The average Bonchev–Trinajstić information content (AvgIpc) is 2.19. The van der Waals surface area contributed by atoms with Crippen molar-refractivity contribution in [2.24, 2.45) is 5.41 Å². The van der Waals surface area contributed by atoms with Crippen molar-refractivity contribution < 1.29 is 24.1 Å². The summed E-state index contributed by atoms with van der Waals surface area (Å²) < 4.78 is 14.9. The summed E-state index contributed by atoms with van der Waals surface area (Å²) in [7, 11) is 0. The summed E-state index contributed by atoms with van der Waals surface area (Å²) in [4.78, 5) is 11.6. The van der Waals surface area contributed by atoms with Crippen LogP contribution in [0.5, 0.6) is 0 Å². The van der Waals surface area contributed by atoms with Crippen LogP contribution in [0.15, 0.2) is 0 Å². The van der Waals surface area contributed by atoms with Crippen molar-refractivity contribution in [1.29, 1.82) is 0 Å². The Labute approximate surface area is 82.9 Å². The summed E-state index contributed by atoms with van der Waals surface area (Å²) in [5.41, 5.74) is -1.06. The first kappa shape index (κ1) is 11.4. The molecule has 0 saturated carbocycles. The third-order valence-corrected chi connectivity index (χ3v) is 2.37. The summed E-state index contributed by atoms with van der Waals surface area (Å²) in [5.74, 6) is -0.463. The highest BCUT2D eigenvalue weighted by atomic mass is 16.7. The van der Waals surface area contributed by atoms with Gasteiger partial charge in [0.05, 0.1) is 25.9 Å². The van der Waals surface area contributed by atoms with Gasteiger partial charge in [-0.1, -0.05) is 0 Å². The maximum atomic E-state index is 11.6. The van der Waals surface area contributed by atoms with E-state index in [1.807, 2.05) is 0 Å². The first-order valence-electron chi connectivity index (χ1n) is 4.64. The predicted molar refractivity (Wildman–Crippen MR) is 47.5 cm³/mol. The highest BCUT2D eigenvalue weighted by Crippen LogP contribution is 2.28. The number of esters is 1. The molecule has 1 rings (SSSR count). The van der Waals surface area contributed by atoms with Gasteiger partial charge in [0.1, 0.15) is 12.2 Å². The van der Waals surface area contributed by atoms with Gasteiger partial charge in [0.25, 0.3) is 0 Å². The Morgan fingerprint density at radius 1 is 1.57 bits per heavy atom. The van der Waals surface area contributed by atoms with Gasteiger partial charge in [-0.2, -0.15) is 0 Å². The van der Waals surface area contributed by atoms with Crippen molar-refractivity contribution in [2.75, 3.05) is 26.6 Å². The quantitative estimate of drug-likeness (QED) is 0.651. The first-order valence-corrected chi connectivity index (χ1v) is 4.64. The second-order valence-corrected chi connectivity index (χ2v) is 3.37. The van der Waals surface area contributed by atoms with E-state index in [0.29, 0.717) is 0 Å². The second-order valence-electron chi connectivity index (χ2n) is 3.37. The van der Waals surface area contributed by atoms with Gasteiger partial charge in [-0.15, -0.1) is 0 Å². The van der Waals surface area contributed by atoms with Gasteiger partial charge in [-0.05, 0) is 13.8 Å². The molecule has 0 radical (unpaired) electrons. The summed E-state index contributed by atoms with van der Waals surface area (Å²) in [6.45, 7) is 3.99. The molecule has 1 N–H and O–H groups in total. The topological polar surface area (TPSA) is 65.0 Å². The maximum absolute atomic E-state index is 11.6. The average molecular weight is 204 g/mol. The van der Waals surface area contributed by atoms with Crippen LogP contribution in [-0.2, 0) is 19.0 Å². The Morgan fingerprint density at radius 3 is 2.57 bits per heavy atom. The molecule has 1 atom stereocenters. The number of ether oxygens (including phenoxy) is 3. The standard InChI is InChI=1S/C9H16O5/c1-3-14-8(11)9(7(2)10)4-12-6-13-5-9/h7,10H,3-6H2,1-2H3/t7-/m1/s1. The van der Waals surface area contributed by atoms with Crippen LogP contribution >= 0.6 is 0 Å². The van der Waals surface area contributed by atoms with E-state index in [1.54, 1.807) is 6.92 Å². The lowest BCUT2D eigenvalue weighted by Gasteiger charge is -2.36. The molecule has 1 saturated heterocycles. The number of hydrogen-bond donors (Lipinski definition) is 1. The predicted octanol–water partition coefficient (Wildman–Crippen LogP) is -0.0790. The molecule has 1 aliphatic rings. The SMILES string of the molecule is CCOC(=O)C1([C@@H](C)O)COCOC1. The Morgan fingerprint density at radius 2 is 2.14 bits per heavy atom. The largest absolute Gasteiger partial charge is 0.465 e. The second kappa shape index (κ2) is 4.72. The molecule has 0 aromatic carbocycles. The lowest BCUT2D eigenvalue weighted by atomic mass is 9.84. The van der Waals surface area contributed by atoms with Crippen molar-refractivity contribution >= 4 is 5.97 Å². The molecule has 1 fully saturated rings. The normalized spacial score (nSPS) is 22.8. The Kier molecular flexibility index (Phi) is 3.86. The number of carbonyl (C=O) groups excluding carboxylic acids is 1. The van der Waals surface area contributed by atoms with Gasteiger partial charge in [0, 0.05) is 0 Å². The molecule has 1 aliphatic heterocycles. The molecule has 5 heteroatoms. The van der Waals surface area contributed by atoms with E-state index < -0.39 is 17.5 Å². The summed E-state index contributed by atoms with van der Waals surface area (Å²) in [6, 6.07) is 0. The smallest absolute Gasteiger partial charge is 0.319 e. The van der Waals surface area contributed by atoms with Gasteiger partial charge in [0.15, 0.2) is 0 Å². The molecular weight excluding hydrogens is 188 g/mol. The molecule has 5 nitrogen and oxygen atoms in total. The fraction of sp³-hybridized carbons (Fsp3) is 0.889. The van der Waals surface area contributed by atoms with Crippen LogP contribution in [0, 0.1) is 5.41 Å². The zero-order valence-corrected chi connectivity index (χ0v) is 8.49. The minimum absolute atomic E-state index is 0.142. The van der Waals surface area contributed by atoms with Gasteiger partial charge in [0.2, 0.25) is 0 Å². The van der Waals surface area contributed by atoms with E-state index >= 15 is 0 Å². The monoisotopic (exact) mass is 204 g/mol. The van der Waals surface area contributed by atoms with Crippen molar-refractivity contribution in [1.82, 2.24) is 0 Å². The number of rotatable bonds is 3. The molecule has 0 amide bonds. The highest BCUT2D eigenvalue weighted by Gasteiger charge is 2.47. The molecule has 0 aromatic rings. The van der Waals surface area contributed by atoms with Crippen LogP contribution in [0.4, 0.5) is 0 Å². The van der Waals surface area contributed by atoms with Crippen molar-refractivity contribution in [2.45, 2.75) is 20.0 Å². The zero-order valence-electron chi connectivity index (χ0n) is 8.49. The molecule has 0 spiro atoms. The van der Waals surface area contributed by atoms with E-state index in [9.17, 15) is 9.90 Å². The minimum Gasteiger partial charge on any atom is -0.465 e. The molecule has 82 valence electrons. The number of aliphatic hydroxyl groups excluding tert-OH is 1. The highest BCUT2D eigenvalue weighted by molar-refractivity contribution is 5.78. The maximum Gasteiger partial charge on any atom is 0.319 e. The van der Waals surface area contributed by atoms with E-state index in [-0.39, 0.29) is 26.6 Å². The van der Waals surface area contributed by atoms with Crippen LogP contribution in [0.25, 0.3) is 0 Å². The fourth-order valence-corrected chi connectivity index (χ4v) is 1.35. The molecule has 1 heterocycles. The van der Waals surface area contributed by atoms with E-state index in [1.165, 1.54) is 6.92 Å². The third kappa shape index (κ3) is 2.05. The first-order chi connectivity index (χ1) is 6.63. The van der Waals surface area contributed by atoms with Crippen molar-refractivity contribution in [3.63, 3.8) is 0 Å². The van der Waals surface area contributed by atoms with E-state index in [4.69, 9.17) is 14.2 Å². The molecular formula is C9H16O5. The number of hydrogen-bond acceptors (Lipinski definition) is 5. The fourth-order valence-electron chi connectivity index (χ4n) is 1.35. The van der Waals surface area contributed by atoms with Gasteiger partial charge in [-0.25, -0.2) is 0 Å². The molecule has 0 bridgehead atoms. The molecule has 14 heavy (non-hydrogen) atoms. The minimum atomic E-state index is -1.06. The Balaban J connectivity index is 2.74. The number of carbonyl (C=O) groups is 1. The van der Waals surface area contributed by atoms with E-state index in [2.05, 4.69) is 0 Å². The summed E-state index contributed by atoms with van der Waals surface area (Å²) in [5, 5.41) is 9.56. The summed E-state index contributed by atoms with van der Waals surface area (Å²) >= 11 is 0. The van der Waals surface area contributed by atoms with Crippen LogP contribution in [0.3, 0.4) is 0 Å². The molecule has 0 aromatic heterocycles. The van der Waals surface area contributed by atoms with Crippen LogP contribution in [-0.4, -0.2) is 43.8 Å². The van der Waals surface area contributed by atoms with Crippen LogP contribution < -0.4 is 0 Å². The van der Waals surface area contributed by atoms with Gasteiger partial charge in [-0.3, -0.25) is 4.79 Å². The van der Waals surface area contributed by atoms with Crippen molar-refractivity contribution in [3.05, 3.63) is 0 Å². The van der Waals surface area contributed by atoms with Gasteiger partial charge >= 0.3 is 5.97 Å². The molecule has 0 unspecified atom stereocenters. The Bertz CT molecular complexity index is 195. The molecule has 0 aliphatic carbocycles. The van der Waals surface area contributed by atoms with Crippen LogP contribution in [0.1, 0.15) is 13.8 Å². The van der Waals surface area contributed by atoms with Crippen LogP contribution in [0.2, 0.25) is 0 Å². The van der Waals surface area contributed by atoms with E-state index in [0.717, 1.165) is 0 Å². The lowest BCUT2D eigenvalue weighted by molar-refractivity contribution is -0.212. The summed E-state index contributed by atoms with van der Waals surface area (Å²) in [6.07, 6.45) is -0.846.